The molecule has 3 heterocycles. The van der Waals surface area contributed by atoms with Crippen molar-refractivity contribution in [3.63, 3.8) is 0 Å². The minimum Gasteiger partial charge on any atom is -0.493 e. The fraction of sp³-hybridized carbons (Fsp3) is 0.243. The van der Waals surface area contributed by atoms with Crippen LogP contribution in [-0.4, -0.2) is 78.7 Å². The summed E-state index contributed by atoms with van der Waals surface area (Å²) in [6.07, 6.45) is 7.51. The van der Waals surface area contributed by atoms with Gasteiger partial charge in [0.1, 0.15) is 0 Å². The van der Waals surface area contributed by atoms with E-state index in [1.54, 1.807) is 34.6 Å². The predicted molar refractivity (Wildman–Crippen MR) is 191 cm³/mol. The van der Waals surface area contributed by atoms with E-state index < -0.39 is 0 Å². The predicted octanol–water partition coefficient (Wildman–Crippen LogP) is 6.18. The molecule has 11 nitrogen and oxygen atoms in total. The van der Waals surface area contributed by atoms with Crippen LogP contribution in [-0.2, 0) is 17.9 Å². The molecule has 12 heteroatoms. The molecule has 1 fully saturated rings. The standard InChI is InChI=1S/C37H37ClN6O5/c1-46-33-9-5-24(17-35(33)48-3)15-26-20-43(21-27(37(26)45)16-25-6-10-34(47-2)36(18-25)49-4)22-29-23-44(42-41-29)14-13-40-31-11-12-39-32-19-28(38)7-8-30(31)32/h5-12,15-19,23H,13-14,20-22H2,1-4H3,(H,39,40)/b26-15-,27-16-. The molecular weight excluding hydrogens is 644 g/mol. The van der Waals surface area contributed by atoms with E-state index in [-0.39, 0.29) is 5.78 Å². The number of rotatable bonds is 12. The average molecular weight is 681 g/mol. The first-order chi connectivity index (χ1) is 23.9. The molecule has 0 spiro atoms. The number of aromatic nitrogens is 4. The first-order valence-corrected chi connectivity index (χ1v) is 16.0. The van der Waals surface area contributed by atoms with Crippen LogP contribution in [0.5, 0.6) is 23.0 Å². The number of nitrogens with one attached hydrogen (secondary N) is 1. The van der Waals surface area contributed by atoms with Gasteiger partial charge in [-0.2, -0.15) is 0 Å². The molecule has 6 rings (SSSR count). The van der Waals surface area contributed by atoms with E-state index in [0.717, 1.165) is 33.4 Å². The van der Waals surface area contributed by atoms with Gasteiger partial charge in [0, 0.05) is 65.8 Å². The molecule has 1 N–H and O–H groups in total. The molecular formula is C37H37ClN6O5. The van der Waals surface area contributed by atoms with Crippen molar-refractivity contribution in [1.82, 2.24) is 24.9 Å². The van der Waals surface area contributed by atoms with Crippen LogP contribution >= 0.6 is 11.6 Å². The van der Waals surface area contributed by atoms with Crippen molar-refractivity contribution in [3.8, 4) is 23.0 Å². The number of carbonyl (C=O) groups is 1. The number of fused-ring (bicyclic) bond motifs is 1. The van der Waals surface area contributed by atoms with Crippen LogP contribution in [0, 0.1) is 0 Å². The zero-order valence-corrected chi connectivity index (χ0v) is 28.5. The van der Waals surface area contributed by atoms with E-state index >= 15 is 0 Å². The van der Waals surface area contributed by atoms with Gasteiger partial charge < -0.3 is 24.3 Å². The van der Waals surface area contributed by atoms with Crippen molar-refractivity contribution in [1.29, 1.82) is 0 Å². The van der Waals surface area contributed by atoms with Crippen LogP contribution in [0.2, 0.25) is 5.02 Å². The lowest BCUT2D eigenvalue weighted by Crippen LogP contribution is -2.37. The number of halogens is 1. The number of pyridine rings is 1. The van der Waals surface area contributed by atoms with E-state index in [0.29, 0.717) is 71.9 Å². The second-order valence-electron chi connectivity index (χ2n) is 11.5. The second kappa shape index (κ2) is 15.2. The summed E-state index contributed by atoms with van der Waals surface area (Å²) in [5.41, 5.74) is 5.56. The Bertz CT molecular complexity index is 1960. The molecule has 0 radical (unpaired) electrons. The number of Topliss-reactive ketones (excluding diaryl/α,β-unsaturated/α-hetero) is 1. The lowest BCUT2D eigenvalue weighted by Gasteiger charge is -2.29. The van der Waals surface area contributed by atoms with Gasteiger partial charge in [-0.3, -0.25) is 19.4 Å². The Hall–Kier alpha value is -5.39. The number of benzene rings is 3. The topological polar surface area (TPSA) is 113 Å². The van der Waals surface area contributed by atoms with Gasteiger partial charge >= 0.3 is 0 Å². The van der Waals surface area contributed by atoms with Gasteiger partial charge in [-0.25, -0.2) is 0 Å². The molecule has 0 bridgehead atoms. The maximum absolute atomic E-state index is 13.9. The van der Waals surface area contributed by atoms with Crippen molar-refractivity contribution in [2.45, 2.75) is 13.1 Å². The molecule has 3 aromatic carbocycles. The van der Waals surface area contributed by atoms with E-state index in [1.165, 1.54) is 0 Å². The van der Waals surface area contributed by atoms with Crippen molar-refractivity contribution in [2.75, 3.05) is 53.4 Å². The smallest absolute Gasteiger partial charge is 0.187 e. The lowest BCUT2D eigenvalue weighted by atomic mass is 9.94. The first-order valence-electron chi connectivity index (χ1n) is 15.7. The number of methoxy groups -OCH3 is 4. The third-order valence-corrected chi connectivity index (χ3v) is 8.44. The Balaban J connectivity index is 1.21. The highest BCUT2D eigenvalue weighted by Crippen LogP contribution is 2.32. The van der Waals surface area contributed by atoms with Gasteiger partial charge in [-0.1, -0.05) is 28.9 Å². The SMILES string of the molecule is COc1ccc(/C=C2/CN(Cc3cn(CCNc4ccnc5cc(Cl)ccc45)nn3)C/C(=C/c3ccc(OC)c(OC)c3)C2=O)cc1OC. The monoisotopic (exact) mass is 680 g/mol. The van der Waals surface area contributed by atoms with Gasteiger partial charge in [0.15, 0.2) is 28.8 Å². The number of nitrogens with zero attached hydrogens (tertiary/aromatic N) is 5. The molecule has 2 aromatic heterocycles. The van der Waals surface area contributed by atoms with Gasteiger partial charge in [0.05, 0.1) is 46.2 Å². The minimum absolute atomic E-state index is 0.0264. The number of anilines is 1. The van der Waals surface area contributed by atoms with Gasteiger partial charge in [0.2, 0.25) is 0 Å². The summed E-state index contributed by atoms with van der Waals surface area (Å²) in [7, 11) is 6.37. The third-order valence-electron chi connectivity index (χ3n) is 8.20. The van der Waals surface area contributed by atoms with Gasteiger partial charge in [0.25, 0.3) is 0 Å². The van der Waals surface area contributed by atoms with Crippen LogP contribution in [0.15, 0.2) is 84.2 Å². The number of piperidine rings is 1. The van der Waals surface area contributed by atoms with Crippen molar-refractivity contribution in [2.24, 2.45) is 0 Å². The summed E-state index contributed by atoms with van der Waals surface area (Å²) in [5, 5.41) is 13.9. The molecule has 0 aliphatic carbocycles. The van der Waals surface area contributed by atoms with E-state index in [2.05, 4.69) is 25.5 Å². The number of ketones is 1. The number of likely N-dealkylation sites (tertiary alicyclic amines) is 1. The maximum atomic E-state index is 13.9. The Kier molecular flexibility index (Phi) is 10.4. The van der Waals surface area contributed by atoms with E-state index in [1.807, 2.05) is 83.7 Å². The summed E-state index contributed by atoms with van der Waals surface area (Å²) in [6, 6.07) is 18.8. The fourth-order valence-corrected chi connectivity index (χ4v) is 6.01. The molecule has 252 valence electrons. The number of ether oxygens (including phenoxy) is 4. The van der Waals surface area contributed by atoms with Crippen LogP contribution < -0.4 is 24.3 Å². The normalized spacial score (nSPS) is 15.2. The molecule has 1 saturated heterocycles. The van der Waals surface area contributed by atoms with Gasteiger partial charge in [-0.05, 0) is 71.8 Å². The van der Waals surface area contributed by atoms with E-state index in [4.69, 9.17) is 30.5 Å². The zero-order chi connectivity index (χ0) is 34.3. The van der Waals surface area contributed by atoms with Crippen molar-refractivity contribution >= 4 is 46.1 Å². The number of hydrogen-bond donors (Lipinski definition) is 1. The largest absolute Gasteiger partial charge is 0.493 e. The second-order valence-corrected chi connectivity index (χ2v) is 11.9. The number of carbonyl (C=O) groups excluding carboxylic acids is 1. The van der Waals surface area contributed by atoms with Crippen LogP contribution in [0.4, 0.5) is 5.69 Å². The molecule has 0 unspecified atom stereocenters. The Morgan fingerprint density at radius 3 is 2.06 bits per heavy atom. The molecule has 5 aromatic rings. The summed E-state index contributed by atoms with van der Waals surface area (Å²) < 4.78 is 23.6. The highest BCUT2D eigenvalue weighted by atomic mass is 35.5. The highest BCUT2D eigenvalue weighted by molar-refractivity contribution is 6.31. The Morgan fingerprint density at radius 2 is 1.45 bits per heavy atom. The molecule has 0 saturated carbocycles. The molecule has 1 aliphatic heterocycles. The van der Waals surface area contributed by atoms with Crippen LogP contribution in [0.25, 0.3) is 23.1 Å². The fourth-order valence-electron chi connectivity index (χ4n) is 5.84. The summed E-state index contributed by atoms with van der Waals surface area (Å²) in [5.74, 6) is 2.39. The Morgan fingerprint density at radius 1 is 0.816 bits per heavy atom. The van der Waals surface area contributed by atoms with E-state index in [9.17, 15) is 4.79 Å². The zero-order valence-electron chi connectivity index (χ0n) is 27.8. The third kappa shape index (κ3) is 7.85. The van der Waals surface area contributed by atoms with Crippen LogP contribution in [0.3, 0.4) is 0 Å². The number of hydrogen-bond acceptors (Lipinski definition) is 10. The lowest BCUT2D eigenvalue weighted by molar-refractivity contribution is -0.113. The molecule has 0 atom stereocenters. The molecule has 0 amide bonds. The van der Waals surface area contributed by atoms with Crippen molar-refractivity contribution in [3.05, 3.63) is 106 Å². The quantitative estimate of drug-likeness (QED) is 0.153. The maximum Gasteiger partial charge on any atom is 0.187 e. The highest BCUT2D eigenvalue weighted by Gasteiger charge is 2.27. The van der Waals surface area contributed by atoms with Crippen molar-refractivity contribution < 1.29 is 23.7 Å². The summed E-state index contributed by atoms with van der Waals surface area (Å²) >= 11 is 6.14. The molecule has 49 heavy (non-hydrogen) atoms. The summed E-state index contributed by atoms with van der Waals surface area (Å²) in [6.45, 7) is 2.62. The summed E-state index contributed by atoms with van der Waals surface area (Å²) in [4.78, 5) is 20.5. The minimum atomic E-state index is -0.0264. The average Bonchev–Trinajstić information content (AvgIpc) is 3.56. The van der Waals surface area contributed by atoms with Gasteiger partial charge in [-0.15, -0.1) is 5.10 Å². The Labute approximate surface area is 289 Å². The first kappa shape index (κ1) is 33.5. The van der Waals surface area contributed by atoms with Crippen LogP contribution in [0.1, 0.15) is 16.8 Å². The molecule has 1 aliphatic rings.